The summed E-state index contributed by atoms with van der Waals surface area (Å²) in [7, 11) is 5.84. The fraction of sp³-hybridized carbons (Fsp3) is 0.250. The fourth-order valence-electron chi connectivity index (χ4n) is 5.04. The summed E-state index contributed by atoms with van der Waals surface area (Å²) in [5.74, 6) is 1.99. The second kappa shape index (κ2) is 8.50. The lowest BCUT2D eigenvalue weighted by atomic mass is 9.90. The molecule has 33 heavy (non-hydrogen) atoms. The van der Waals surface area contributed by atoms with Crippen molar-refractivity contribution < 1.29 is 19.5 Å². The van der Waals surface area contributed by atoms with Crippen molar-refractivity contribution in [2.24, 2.45) is 0 Å². The molecule has 0 unspecified atom stereocenters. The topological polar surface area (TPSA) is 56.8 Å². The van der Waals surface area contributed by atoms with Gasteiger partial charge in [0.1, 0.15) is 11.4 Å². The summed E-state index contributed by atoms with van der Waals surface area (Å²) in [5.41, 5.74) is 7.33. The van der Waals surface area contributed by atoms with Crippen LogP contribution < -0.4 is 14.2 Å². The van der Waals surface area contributed by atoms with Crippen molar-refractivity contribution in [2.75, 3.05) is 26.1 Å². The van der Waals surface area contributed by atoms with E-state index in [0.717, 1.165) is 63.3 Å². The van der Waals surface area contributed by atoms with E-state index in [1.165, 1.54) is 11.1 Å². The van der Waals surface area contributed by atoms with Crippen LogP contribution in [0.2, 0.25) is 0 Å². The summed E-state index contributed by atoms with van der Waals surface area (Å²) < 4.78 is 8.14. The molecule has 2 heterocycles. The van der Waals surface area contributed by atoms with Crippen LogP contribution in [0.4, 0.5) is 5.82 Å². The third kappa shape index (κ3) is 3.54. The number of pyridine rings is 1. The van der Waals surface area contributed by atoms with E-state index in [0.29, 0.717) is 0 Å². The number of hydrogen-bond acceptors (Lipinski definition) is 4. The number of ether oxygens (including phenoxy) is 1. The number of fused-ring (bicyclic) bond motifs is 4. The Morgan fingerprint density at radius 3 is 2.30 bits per heavy atom. The first-order valence-electron chi connectivity index (χ1n) is 11.2. The first-order chi connectivity index (χ1) is 16.0. The number of aryl methyl sites for hydroxylation is 1. The Balaban J connectivity index is 1.82. The second-order valence-electron chi connectivity index (χ2n) is 8.75. The average Bonchev–Trinajstić information content (AvgIpc) is 2.85. The molecule has 0 amide bonds. The third-order valence-electron chi connectivity index (χ3n) is 6.61. The smallest absolute Gasteiger partial charge is 0.284 e. The third-order valence-corrected chi connectivity index (χ3v) is 6.61. The van der Waals surface area contributed by atoms with Gasteiger partial charge in [0.2, 0.25) is 0 Å². The molecule has 5 rings (SSSR count). The van der Waals surface area contributed by atoms with E-state index < -0.39 is 0 Å². The quantitative estimate of drug-likeness (QED) is 0.459. The molecular formula is C28H29N2O3+. The van der Waals surface area contributed by atoms with Gasteiger partial charge in [0, 0.05) is 17.5 Å². The Morgan fingerprint density at radius 1 is 0.909 bits per heavy atom. The number of hydrogen-bond donors (Lipinski definition) is 2. The van der Waals surface area contributed by atoms with E-state index in [9.17, 15) is 10.2 Å². The lowest BCUT2D eigenvalue weighted by Gasteiger charge is -2.25. The molecule has 0 atom stereocenters. The Hall–Kier alpha value is -3.41. The van der Waals surface area contributed by atoms with E-state index >= 15 is 0 Å². The molecule has 5 heteroatoms. The first-order valence-corrected chi connectivity index (χ1v) is 11.2. The van der Waals surface area contributed by atoms with Gasteiger partial charge in [0.15, 0.2) is 0 Å². The molecule has 0 aliphatic carbocycles. The van der Waals surface area contributed by atoms with Crippen molar-refractivity contribution >= 4 is 16.6 Å². The molecule has 5 nitrogen and oxygen atoms in total. The zero-order valence-corrected chi connectivity index (χ0v) is 19.3. The predicted octanol–water partition coefficient (Wildman–Crippen LogP) is 4.08. The molecule has 1 aliphatic rings. The van der Waals surface area contributed by atoms with Crippen molar-refractivity contribution in [3.8, 4) is 28.1 Å². The van der Waals surface area contributed by atoms with Crippen molar-refractivity contribution in [3.05, 3.63) is 77.4 Å². The molecule has 0 radical (unpaired) electrons. The summed E-state index contributed by atoms with van der Waals surface area (Å²) >= 11 is 0. The minimum Gasteiger partial charge on any atom is -0.496 e. The van der Waals surface area contributed by atoms with Gasteiger partial charge >= 0.3 is 0 Å². The van der Waals surface area contributed by atoms with E-state index in [4.69, 9.17) is 4.74 Å². The zero-order chi connectivity index (χ0) is 23.1. The molecule has 0 saturated heterocycles. The van der Waals surface area contributed by atoms with Crippen molar-refractivity contribution in [2.45, 2.75) is 26.2 Å². The maximum atomic E-state index is 9.86. The number of aromatic nitrogens is 1. The molecule has 168 valence electrons. The zero-order valence-electron chi connectivity index (χ0n) is 19.3. The van der Waals surface area contributed by atoms with Crippen LogP contribution in [0.25, 0.3) is 33.2 Å². The molecule has 0 fully saturated rings. The summed E-state index contributed by atoms with van der Waals surface area (Å²) in [6.45, 7) is 0.665. The number of aliphatic hydroxyl groups is 2. The lowest BCUT2D eigenvalue weighted by Crippen LogP contribution is -2.45. The van der Waals surface area contributed by atoms with Gasteiger partial charge in [0.05, 0.1) is 46.3 Å². The van der Waals surface area contributed by atoms with Gasteiger partial charge < -0.3 is 14.9 Å². The van der Waals surface area contributed by atoms with Gasteiger partial charge in [-0.25, -0.2) is 4.57 Å². The standard InChI is InChI=1S/C28H29N2O3/c1-29(2)28-25-12-22(17-32)21(16-31)11-20(25)13-26-23-15-24(18-7-5-4-6-8-18)27(33-3)14-19(23)9-10-30(26)28/h4-8,11-15,31-32H,9-10,16-17H2,1-3H3/q+1. The maximum absolute atomic E-state index is 9.86. The summed E-state index contributed by atoms with van der Waals surface area (Å²) in [4.78, 5) is 2.14. The van der Waals surface area contributed by atoms with Crippen LogP contribution in [0.1, 0.15) is 16.7 Å². The van der Waals surface area contributed by atoms with Crippen LogP contribution in [-0.4, -0.2) is 31.4 Å². The van der Waals surface area contributed by atoms with Gasteiger partial charge in [-0.2, -0.15) is 0 Å². The molecule has 0 spiro atoms. The maximum Gasteiger partial charge on any atom is 0.284 e. The SMILES string of the molecule is COc1cc2c(cc1-c1ccccc1)-c1cc3cc(CO)c(CO)cc3c(N(C)C)[n+]1CC2. The Kier molecular flexibility index (Phi) is 5.52. The largest absolute Gasteiger partial charge is 0.496 e. The Bertz CT molecular complexity index is 1350. The van der Waals surface area contributed by atoms with E-state index in [-0.39, 0.29) is 13.2 Å². The van der Waals surface area contributed by atoms with E-state index in [1.54, 1.807) is 7.11 Å². The van der Waals surface area contributed by atoms with Crippen molar-refractivity contribution in [3.63, 3.8) is 0 Å². The molecule has 3 aromatic carbocycles. The normalized spacial score (nSPS) is 12.4. The molecule has 4 aromatic rings. The van der Waals surface area contributed by atoms with Gasteiger partial charge in [-0.05, 0) is 58.0 Å². The molecule has 1 aliphatic heterocycles. The number of nitrogens with zero attached hydrogens (tertiary/aromatic N) is 2. The highest BCUT2D eigenvalue weighted by Gasteiger charge is 2.29. The molecule has 0 bridgehead atoms. The number of methoxy groups -OCH3 is 1. The molecule has 0 saturated carbocycles. The minimum atomic E-state index is -0.0979. The van der Waals surface area contributed by atoms with Crippen LogP contribution in [-0.2, 0) is 26.2 Å². The average molecular weight is 442 g/mol. The highest BCUT2D eigenvalue weighted by Crippen LogP contribution is 2.40. The van der Waals surface area contributed by atoms with Gasteiger partial charge in [0.25, 0.3) is 5.82 Å². The van der Waals surface area contributed by atoms with Crippen LogP contribution >= 0.6 is 0 Å². The number of benzene rings is 3. The number of anilines is 1. The molecule has 1 aromatic heterocycles. The van der Waals surface area contributed by atoms with Gasteiger partial charge in [-0.1, -0.05) is 30.3 Å². The Morgan fingerprint density at radius 2 is 1.64 bits per heavy atom. The second-order valence-corrected chi connectivity index (χ2v) is 8.75. The van der Waals surface area contributed by atoms with Crippen LogP contribution in [0.15, 0.2) is 60.7 Å². The summed E-state index contributed by atoms with van der Waals surface area (Å²) in [5, 5.41) is 21.8. The monoisotopic (exact) mass is 441 g/mol. The highest BCUT2D eigenvalue weighted by molar-refractivity contribution is 5.94. The van der Waals surface area contributed by atoms with E-state index in [1.807, 2.05) is 30.3 Å². The fourth-order valence-corrected chi connectivity index (χ4v) is 5.04. The highest BCUT2D eigenvalue weighted by atomic mass is 16.5. The Labute approximate surface area is 194 Å². The summed E-state index contributed by atoms with van der Waals surface area (Å²) in [6.07, 6.45) is 0.909. The van der Waals surface area contributed by atoms with Crippen molar-refractivity contribution in [1.29, 1.82) is 0 Å². The van der Waals surface area contributed by atoms with Crippen LogP contribution in [0.3, 0.4) is 0 Å². The minimum absolute atomic E-state index is 0.0937. The summed E-state index contributed by atoms with van der Waals surface area (Å²) in [6, 6.07) is 21.0. The van der Waals surface area contributed by atoms with Crippen LogP contribution in [0.5, 0.6) is 5.75 Å². The van der Waals surface area contributed by atoms with Crippen LogP contribution in [0, 0.1) is 0 Å². The first kappa shape index (κ1) is 21.4. The lowest BCUT2D eigenvalue weighted by molar-refractivity contribution is -0.674. The predicted molar refractivity (Wildman–Crippen MR) is 131 cm³/mol. The number of aliphatic hydroxyl groups excluding tert-OH is 2. The van der Waals surface area contributed by atoms with Gasteiger partial charge in [-0.3, -0.25) is 4.90 Å². The van der Waals surface area contributed by atoms with Gasteiger partial charge in [-0.15, -0.1) is 0 Å². The molecular weight excluding hydrogens is 412 g/mol. The number of rotatable bonds is 5. The van der Waals surface area contributed by atoms with Crippen molar-refractivity contribution in [1.82, 2.24) is 0 Å². The van der Waals surface area contributed by atoms with E-state index in [2.05, 4.69) is 53.9 Å². The molecule has 2 N–H and O–H groups in total.